The lowest BCUT2D eigenvalue weighted by Crippen LogP contribution is -2.47. The number of pyridine rings is 2. The number of rotatable bonds is 6. The number of aromatic nitrogens is 2. The van der Waals surface area contributed by atoms with Crippen LogP contribution in [0, 0.1) is 0 Å². The first-order valence-electron chi connectivity index (χ1n) is 9.61. The van der Waals surface area contributed by atoms with E-state index in [0.29, 0.717) is 36.1 Å². The Balaban J connectivity index is 1.68. The van der Waals surface area contributed by atoms with Gasteiger partial charge in [0.15, 0.2) is 0 Å². The molecule has 8 nitrogen and oxygen atoms in total. The average Bonchev–Trinajstić information content (AvgIpc) is 2.79. The molecule has 3 heterocycles. The molecule has 1 aromatic carbocycles. The number of anilines is 4. The number of carbonyl (C=O) groups is 1. The Kier molecular flexibility index (Phi) is 5.38. The Morgan fingerprint density at radius 3 is 2.40 bits per heavy atom. The predicted molar refractivity (Wildman–Crippen MR) is 116 cm³/mol. The van der Waals surface area contributed by atoms with Gasteiger partial charge >= 0.3 is 6.03 Å². The first-order valence-corrected chi connectivity index (χ1v) is 9.61. The molecule has 2 aromatic heterocycles. The van der Waals surface area contributed by atoms with Gasteiger partial charge in [0.25, 0.3) is 0 Å². The summed E-state index contributed by atoms with van der Waals surface area (Å²) in [6, 6.07) is 11.0. The molecule has 1 aliphatic rings. The molecule has 30 heavy (non-hydrogen) atoms. The highest BCUT2D eigenvalue weighted by molar-refractivity contribution is 6.06. The zero-order valence-electron chi connectivity index (χ0n) is 17.1. The highest BCUT2D eigenvalue weighted by Crippen LogP contribution is 2.36. The zero-order chi connectivity index (χ0) is 21.1. The number of ether oxygens (including phenoxy) is 2. The van der Waals surface area contributed by atoms with Gasteiger partial charge in [0.05, 0.1) is 32.1 Å². The summed E-state index contributed by atoms with van der Waals surface area (Å²) < 4.78 is 10.7. The first-order chi connectivity index (χ1) is 14.6. The second kappa shape index (κ2) is 8.28. The largest absolute Gasteiger partial charge is 0.497 e. The van der Waals surface area contributed by atoms with E-state index < -0.39 is 0 Å². The lowest BCUT2D eigenvalue weighted by molar-refractivity contribution is 0.250. The smallest absolute Gasteiger partial charge is 0.329 e. The number of hydrogen-bond donors (Lipinski definition) is 1. The SMILES string of the molecule is CCN1C(=O)N(c2cc(OC)cc(OC)c2)Cc2cnc(Nc3ccncc3)cc21. The van der Waals surface area contributed by atoms with Gasteiger partial charge < -0.3 is 14.8 Å². The van der Waals surface area contributed by atoms with E-state index >= 15 is 0 Å². The molecule has 8 heteroatoms. The Morgan fingerprint density at radius 1 is 1.07 bits per heavy atom. The van der Waals surface area contributed by atoms with Gasteiger partial charge in [-0.15, -0.1) is 0 Å². The molecule has 0 aliphatic carbocycles. The number of urea groups is 1. The van der Waals surface area contributed by atoms with Crippen LogP contribution in [0.4, 0.5) is 27.7 Å². The van der Waals surface area contributed by atoms with E-state index in [2.05, 4.69) is 15.3 Å². The van der Waals surface area contributed by atoms with Gasteiger partial charge in [-0.3, -0.25) is 14.8 Å². The normalized spacial score (nSPS) is 13.1. The third kappa shape index (κ3) is 3.71. The number of amides is 2. The van der Waals surface area contributed by atoms with Crippen molar-refractivity contribution < 1.29 is 14.3 Å². The summed E-state index contributed by atoms with van der Waals surface area (Å²) in [5, 5.41) is 3.25. The topological polar surface area (TPSA) is 79.8 Å². The van der Waals surface area contributed by atoms with E-state index in [1.165, 1.54) is 0 Å². The molecule has 0 fully saturated rings. The van der Waals surface area contributed by atoms with Crippen LogP contribution in [-0.4, -0.2) is 36.8 Å². The summed E-state index contributed by atoms with van der Waals surface area (Å²) in [4.78, 5) is 25.3. The maximum Gasteiger partial charge on any atom is 0.329 e. The van der Waals surface area contributed by atoms with Crippen molar-refractivity contribution in [1.82, 2.24) is 9.97 Å². The molecule has 0 unspecified atom stereocenters. The van der Waals surface area contributed by atoms with Crippen LogP contribution in [0.2, 0.25) is 0 Å². The first kappa shape index (κ1) is 19.5. The van der Waals surface area contributed by atoms with Crippen molar-refractivity contribution in [3.63, 3.8) is 0 Å². The van der Waals surface area contributed by atoms with E-state index in [4.69, 9.17) is 9.47 Å². The number of nitrogens with one attached hydrogen (secondary N) is 1. The van der Waals surface area contributed by atoms with Crippen LogP contribution < -0.4 is 24.6 Å². The van der Waals surface area contributed by atoms with E-state index in [1.54, 1.807) is 48.7 Å². The van der Waals surface area contributed by atoms with E-state index in [9.17, 15) is 4.79 Å². The lowest BCUT2D eigenvalue weighted by Gasteiger charge is -2.36. The van der Waals surface area contributed by atoms with Gasteiger partial charge in [-0.05, 0) is 19.1 Å². The monoisotopic (exact) mass is 405 g/mol. The van der Waals surface area contributed by atoms with E-state index in [1.807, 2.05) is 37.3 Å². The summed E-state index contributed by atoms with van der Waals surface area (Å²) in [7, 11) is 3.18. The number of nitrogens with zero attached hydrogens (tertiary/aromatic N) is 4. The van der Waals surface area contributed by atoms with Crippen LogP contribution in [0.15, 0.2) is 55.0 Å². The number of fused-ring (bicyclic) bond motifs is 1. The van der Waals surface area contributed by atoms with Gasteiger partial charge in [0.2, 0.25) is 0 Å². The fourth-order valence-electron chi connectivity index (χ4n) is 3.44. The Hall–Kier alpha value is -3.81. The summed E-state index contributed by atoms with van der Waals surface area (Å²) in [5.74, 6) is 1.92. The van der Waals surface area contributed by atoms with Gasteiger partial charge in [0.1, 0.15) is 17.3 Å². The zero-order valence-corrected chi connectivity index (χ0v) is 17.1. The second-order valence-electron chi connectivity index (χ2n) is 6.74. The van der Waals surface area contributed by atoms with Crippen molar-refractivity contribution in [2.24, 2.45) is 0 Å². The fourth-order valence-corrected chi connectivity index (χ4v) is 3.44. The van der Waals surface area contributed by atoms with Crippen molar-refractivity contribution in [1.29, 1.82) is 0 Å². The molecule has 0 saturated carbocycles. The molecule has 0 bridgehead atoms. The minimum Gasteiger partial charge on any atom is -0.497 e. The Morgan fingerprint density at radius 2 is 1.77 bits per heavy atom. The Bertz CT molecular complexity index is 1040. The molecule has 3 aromatic rings. The molecule has 0 spiro atoms. The van der Waals surface area contributed by atoms with Crippen LogP contribution in [0.1, 0.15) is 12.5 Å². The third-order valence-electron chi connectivity index (χ3n) is 4.96. The van der Waals surface area contributed by atoms with Crippen LogP contribution in [0.3, 0.4) is 0 Å². The summed E-state index contributed by atoms with van der Waals surface area (Å²) in [6.45, 7) is 2.89. The number of carbonyl (C=O) groups excluding carboxylic acids is 1. The van der Waals surface area contributed by atoms with Crippen molar-refractivity contribution >= 4 is 28.9 Å². The van der Waals surface area contributed by atoms with Crippen LogP contribution in [0.25, 0.3) is 0 Å². The molecule has 0 saturated heterocycles. The van der Waals surface area contributed by atoms with Crippen molar-refractivity contribution in [3.8, 4) is 11.5 Å². The molecular weight excluding hydrogens is 382 g/mol. The van der Waals surface area contributed by atoms with Crippen molar-refractivity contribution in [2.45, 2.75) is 13.5 Å². The van der Waals surface area contributed by atoms with Crippen LogP contribution in [0.5, 0.6) is 11.5 Å². The summed E-state index contributed by atoms with van der Waals surface area (Å²) in [5.41, 5.74) is 3.39. The molecule has 2 amide bonds. The number of hydrogen-bond acceptors (Lipinski definition) is 6. The maximum atomic E-state index is 13.3. The van der Waals surface area contributed by atoms with Gasteiger partial charge in [0, 0.05) is 60.7 Å². The average molecular weight is 405 g/mol. The van der Waals surface area contributed by atoms with Crippen LogP contribution in [-0.2, 0) is 6.54 Å². The highest BCUT2D eigenvalue weighted by atomic mass is 16.5. The lowest BCUT2D eigenvalue weighted by atomic mass is 10.1. The summed E-state index contributed by atoms with van der Waals surface area (Å²) in [6.07, 6.45) is 5.23. The van der Waals surface area contributed by atoms with E-state index in [-0.39, 0.29) is 6.03 Å². The second-order valence-corrected chi connectivity index (χ2v) is 6.74. The van der Waals surface area contributed by atoms with Crippen molar-refractivity contribution in [2.75, 3.05) is 35.9 Å². The van der Waals surface area contributed by atoms with Gasteiger partial charge in [-0.1, -0.05) is 0 Å². The minimum absolute atomic E-state index is 0.110. The standard InChI is InChI=1S/C22H23N5O3/c1-4-26-20-12-21(25-16-5-7-23-8-6-16)24-13-15(20)14-27(22(26)28)17-9-18(29-2)11-19(10-17)30-3/h5-13H,4,14H2,1-3H3,(H,23,24,25). The molecular formula is C22H23N5O3. The molecule has 1 aliphatic heterocycles. The highest BCUT2D eigenvalue weighted by Gasteiger charge is 2.31. The van der Waals surface area contributed by atoms with Crippen LogP contribution >= 0.6 is 0 Å². The Labute approximate surface area is 175 Å². The number of methoxy groups -OCH3 is 2. The summed E-state index contributed by atoms with van der Waals surface area (Å²) >= 11 is 0. The third-order valence-corrected chi connectivity index (χ3v) is 4.96. The molecule has 1 N–H and O–H groups in total. The predicted octanol–water partition coefficient (Wildman–Crippen LogP) is 4.20. The quantitative estimate of drug-likeness (QED) is 0.662. The maximum absolute atomic E-state index is 13.3. The molecule has 0 atom stereocenters. The fraction of sp³-hybridized carbons (Fsp3) is 0.227. The minimum atomic E-state index is -0.110. The van der Waals surface area contributed by atoms with Crippen molar-refractivity contribution in [3.05, 3.63) is 60.6 Å². The number of benzene rings is 1. The molecule has 0 radical (unpaired) electrons. The molecule has 4 rings (SSSR count). The van der Waals surface area contributed by atoms with Gasteiger partial charge in [-0.25, -0.2) is 9.78 Å². The van der Waals surface area contributed by atoms with E-state index in [0.717, 1.165) is 16.9 Å². The molecule has 154 valence electrons. The van der Waals surface area contributed by atoms with Gasteiger partial charge in [-0.2, -0.15) is 0 Å².